The Bertz CT molecular complexity index is 543. The second-order valence-corrected chi connectivity index (χ2v) is 6.38. The van der Waals surface area contributed by atoms with Crippen LogP contribution < -0.4 is 10.5 Å². The van der Waals surface area contributed by atoms with Crippen molar-refractivity contribution in [3.63, 3.8) is 0 Å². The lowest BCUT2D eigenvalue weighted by Gasteiger charge is -2.16. The summed E-state index contributed by atoms with van der Waals surface area (Å²) >= 11 is 10.3. The highest BCUT2D eigenvalue weighted by molar-refractivity contribution is 7.95. The molecule has 1 unspecified atom stereocenters. The summed E-state index contributed by atoms with van der Waals surface area (Å²) in [5.74, 6) is -0.636. The Morgan fingerprint density at radius 2 is 2.17 bits per heavy atom. The molecule has 0 spiro atoms. The number of nitrogens with one attached hydrogen (secondary N) is 1. The van der Waals surface area contributed by atoms with Gasteiger partial charge in [-0.3, -0.25) is 4.72 Å². The number of anilines is 1. The van der Waals surface area contributed by atoms with E-state index in [0.717, 1.165) is 12.1 Å². The summed E-state index contributed by atoms with van der Waals surface area (Å²) in [6.07, 6.45) is 0.230. The maximum absolute atomic E-state index is 13.1. The molecule has 0 aliphatic rings. The standard InChI is InChI=1S/C10H12ClFN2O2S2/c1-2-9(10(13)17)18(15,16)14-8-4-6(11)3-7(12)5-8/h3-5,9,14H,2H2,1H3,(H2,13,17). The largest absolute Gasteiger partial charge is 0.392 e. The fourth-order valence-electron chi connectivity index (χ4n) is 1.42. The number of hydrogen-bond donors (Lipinski definition) is 2. The lowest BCUT2D eigenvalue weighted by atomic mass is 10.3. The van der Waals surface area contributed by atoms with Crippen LogP contribution in [0.15, 0.2) is 18.2 Å². The number of rotatable bonds is 5. The molecule has 3 N–H and O–H groups in total. The molecular formula is C10H12ClFN2O2S2. The number of halogens is 2. The van der Waals surface area contributed by atoms with Gasteiger partial charge in [0.05, 0.1) is 10.7 Å². The molecule has 0 radical (unpaired) electrons. The highest BCUT2D eigenvalue weighted by atomic mass is 35.5. The fourth-order valence-corrected chi connectivity index (χ4v) is 3.52. The third-order valence-electron chi connectivity index (χ3n) is 2.19. The molecule has 0 saturated carbocycles. The molecule has 0 aliphatic heterocycles. The molecule has 1 aromatic rings. The zero-order chi connectivity index (χ0) is 13.9. The van der Waals surface area contributed by atoms with E-state index in [9.17, 15) is 12.8 Å². The first-order chi connectivity index (χ1) is 8.26. The third kappa shape index (κ3) is 3.79. The van der Waals surface area contributed by atoms with Crippen molar-refractivity contribution in [3.05, 3.63) is 29.0 Å². The van der Waals surface area contributed by atoms with Gasteiger partial charge in [0.1, 0.15) is 11.1 Å². The van der Waals surface area contributed by atoms with Gasteiger partial charge in [-0.15, -0.1) is 0 Å². The minimum Gasteiger partial charge on any atom is -0.392 e. The Balaban J connectivity index is 3.05. The van der Waals surface area contributed by atoms with Gasteiger partial charge in [0.2, 0.25) is 10.0 Å². The second-order valence-electron chi connectivity index (χ2n) is 3.60. The predicted molar refractivity (Wildman–Crippen MR) is 74.8 cm³/mol. The van der Waals surface area contributed by atoms with Crippen molar-refractivity contribution in [1.29, 1.82) is 0 Å². The predicted octanol–water partition coefficient (Wildman–Crippen LogP) is 2.29. The van der Waals surface area contributed by atoms with E-state index < -0.39 is 21.1 Å². The number of sulfonamides is 1. The lowest BCUT2D eigenvalue weighted by Crippen LogP contribution is -2.37. The fraction of sp³-hybridized carbons (Fsp3) is 0.300. The topological polar surface area (TPSA) is 72.2 Å². The lowest BCUT2D eigenvalue weighted by molar-refractivity contribution is 0.594. The van der Waals surface area contributed by atoms with Crippen LogP contribution in [0.2, 0.25) is 5.02 Å². The van der Waals surface area contributed by atoms with Gasteiger partial charge in [0.15, 0.2) is 0 Å². The van der Waals surface area contributed by atoms with Gasteiger partial charge in [0.25, 0.3) is 0 Å². The molecule has 1 rings (SSSR count). The Morgan fingerprint density at radius 3 is 2.61 bits per heavy atom. The minimum atomic E-state index is -3.80. The van der Waals surface area contributed by atoms with Crippen LogP contribution in [0.4, 0.5) is 10.1 Å². The molecule has 18 heavy (non-hydrogen) atoms. The van der Waals surface area contributed by atoms with Crippen molar-refractivity contribution in [3.8, 4) is 0 Å². The minimum absolute atomic E-state index is 0.0368. The molecule has 0 saturated heterocycles. The molecule has 8 heteroatoms. The van der Waals surface area contributed by atoms with Crippen molar-refractivity contribution in [2.75, 3.05) is 4.72 Å². The van der Waals surface area contributed by atoms with E-state index in [1.807, 2.05) is 0 Å². The number of benzene rings is 1. The zero-order valence-electron chi connectivity index (χ0n) is 9.48. The first-order valence-electron chi connectivity index (χ1n) is 5.03. The Labute approximate surface area is 115 Å². The molecule has 0 amide bonds. The zero-order valence-corrected chi connectivity index (χ0v) is 11.9. The van der Waals surface area contributed by atoms with E-state index in [1.165, 1.54) is 6.07 Å². The SMILES string of the molecule is CCC(C(N)=S)S(=O)(=O)Nc1cc(F)cc(Cl)c1. The van der Waals surface area contributed by atoms with Gasteiger partial charge in [0, 0.05) is 5.02 Å². The van der Waals surface area contributed by atoms with E-state index in [0.29, 0.717) is 0 Å². The van der Waals surface area contributed by atoms with Gasteiger partial charge in [-0.1, -0.05) is 30.7 Å². The Kier molecular flexibility index (Phi) is 4.89. The maximum atomic E-state index is 13.1. The highest BCUT2D eigenvalue weighted by Crippen LogP contribution is 2.20. The number of hydrogen-bond acceptors (Lipinski definition) is 3. The molecule has 1 atom stereocenters. The first-order valence-corrected chi connectivity index (χ1v) is 7.36. The van der Waals surface area contributed by atoms with Gasteiger partial charge < -0.3 is 5.73 Å². The smallest absolute Gasteiger partial charge is 0.242 e. The average molecular weight is 311 g/mol. The maximum Gasteiger partial charge on any atom is 0.242 e. The average Bonchev–Trinajstić information content (AvgIpc) is 2.13. The van der Waals surface area contributed by atoms with E-state index in [1.54, 1.807) is 6.92 Å². The molecule has 4 nitrogen and oxygen atoms in total. The van der Waals surface area contributed by atoms with E-state index in [-0.39, 0.29) is 22.1 Å². The monoisotopic (exact) mass is 310 g/mol. The van der Waals surface area contributed by atoms with Crippen LogP contribution in [0.3, 0.4) is 0 Å². The van der Waals surface area contributed by atoms with Crippen molar-refractivity contribution in [1.82, 2.24) is 0 Å². The Hall–Kier alpha value is -0.920. The highest BCUT2D eigenvalue weighted by Gasteiger charge is 2.26. The van der Waals surface area contributed by atoms with Crippen LogP contribution >= 0.6 is 23.8 Å². The van der Waals surface area contributed by atoms with E-state index >= 15 is 0 Å². The summed E-state index contributed by atoms with van der Waals surface area (Å²) in [6, 6.07) is 3.40. The van der Waals surface area contributed by atoms with Crippen LogP contribution in [0, 0.1) is 5.82 Å². The summed E-state index contributed by atoms with van der Waals surface area (Å²) in [7, 11) is -3.80. The first kappa shape index (κ1) is 15.1. The van der Waals surface area contributed by atoms with E-state index in [2.05, 4.69) is 4.72 Å². The van der Waals surface area contributed by atoms with Crippen LogP contribution in [0.25, 0.3) is 0 Å². The Morgan fingerprint density at radius 1 is 1.56 bits per heavy atom. The molecule has 0 aliphatic carbocycles. The summed E-state index contributed by atoms with van der Waals surface area (Å²) in [5, 5.41) is -0.911. The van der Waals surface area contributed by atoms with Gasteiger partial charge >= 0.3 is 0 Å². The van der Waals surface area contributed by atoms with Gasteiger partial charge in [-0.2, -0.15) is 0 Å². The molecule has 0 fully saturated rings. The normalized spacial score (nSPS) is 13.1. The third-order valence-corrected chi connectivity index (χ3v) is 4.69. The van der Waals surface area contributed by atoms with Crippen molar-refractivity contribution in [2.24, 2.45) is 5.73 Å². The van der Waals surface area contributed by atoms with Crippen molar-refractivity contribution >= 4 is 44.5 Å². The molecule has 0 bridgehead atoms. The summed E-state index contributed by atoms with van der Waals surface area (Å²) < 4.78 is 39.2. The van der Waals surface area contributed by atoms with Gasteiger partial charge in [-0.25, -0.2) is 12.8 Å². The summed E-state index contributed by atoms with van der Waals surface area (Å²) in [6.45, 7) is 1.64. The molecule has 100 valence electrons. The second kappa shape index (κ2) is 5.81. The summed E-state index contributed by atoms with van der Waals surface area (Å²) in [5.41, 5.74) is 5.40. The van der Waals surface area contributed by atoms with Crippen LogP contribution in [0.1, 0.15) is 13.3 Å². The molecule has 0 heterocycles. The van der Waals surface area contributed by atoms with E-state index in [4.69, 9.17) is 29.6 Å². The van der Waals surface area contributed by atoms with Crippen molar-refractivity contribution in [2.45, 2.75) is 18.6 Å². The van der Waals surface area contributed by atoms with Crippen molar-refractivity contribution < 1.29 is 12.8 Å². The van der Waals surface area contributed by atoms with Crippen LogP contribution in [-0.4, -0.2) is 18.7 Å². The van der Waals surface area contributed by atoms with Gasteiger partial charge in [-0.05, 0) is 24.6 Å². The summed E-state index contributed by atoms with van der Waals surface area (Å²) in [4.78, 5) is -0.132. The molecule has 1 aromatic carbocycles. The van der Waals surface area contributed by atoms with Crippen LogP contribution in [-0.2, 0) is 10.0 Å². The van der Waals surface area contributed by atoms with Crippen LogP contribution in [0.5, 0.6) is 0 Å². The molecular weight excluding hydrogens is 299 g/mol. The number of nitrogens with two attached hydrogens (primary N) is 1. The quantitative estimate of drug-likeness (QED) is 0.819. The molecule has 0 aromatic heterocycles. The number of thiocarbonyl (C=S) groups is 1.